The Morgan fingerprint density at radius 2 is 1.60 bits per heavy atom. The summed E-state index contributed by atoms with van der Waals surface area (Å²) in [7, 11) is 4.48. The molecule has 0 saturated heterocycles. The number of hydrogen-bond donors (Lipinski definition) is 2. The number of nitrogens with one attached hydrogen (secondary N) is 2. The Labute approximate surface area is 248 Å². The Morgan fingerprint density at radius 3 is 2.19 bits per heavy atom. The topological polar surface area (TPSA) is 104 Å². The van der Waals surface area contributed by atoms with Gasteiger partial charge in [0.05, 0.1) is 49.4 Å². The summed E-state index contributed by atoms with van der Waals surface area (Å²) in [6.45, 7) is 5.75. The van der Waals surface area contributed by atoms with Gasteiger partial charge >= 0.3 is 0 Å². The summed E-state index contributed by atoms with van der Waals surface area (Å²) in [5, 5.41) is 10.3. The highest BCUT2D eigenvalue weighted by Crippen LogP contribution is 2.40. The third-order valence-electron chi connectivity index (χ3n) is 6.34. The monoisotopic (exact) mass is 594 g/mol. The van der Waals surface area contributed by atoms with Crippen molar-refractivity contribution in [2.24, 2.45) is 0 Å². The molecule has 0 fully saturated rings. The van der Waals surface area contributed by atoms with E-state index in [0.717, 1.165) is 0 Å². The third-order valence-corrected chi connectivity index (χ3v) is 6.66. The molecular formula is C31H32ClFN4O5. The average molecular weight is 595 g/mol. The summed E-state index contributed by atoms with van der Waals surface area (Å²) >= 11 is 6.32. The second-order valence-corrected chi connectivity index (χ2v) is 10.8. The highest BCUT2D eigenvalue weighted by Gasteiger charge is 2.26. The van der Waals surface area contributed by atoms with Crippen LogP contribution >= 0.6 is 11.6 Å². The number of anilines is 2. The third kappa shape index (κ3) is 6.66. The highest BCUT2D eigenvalue weighted by molar-refractivity contribution is 6.33. The van der Waals surface area contributed by atoms with Crippen molar-refractivity contribution in [1.29, 1.82) is 0 Å². The van der Waals surface area contributed by atoms with Gasteiger partial charge in [-0.15, -0.1) is 0 Å². The van der Waals surface area contributed by atoms with Crippen LogP contribution in [0, 0.1) is 5.82 Å². The van der Waals surface area contributed by atoms with Gasteiger partial charge in [-0.2, -0.15) is 5.10 Å². The first-order valence-corrected chi connectivity index (χ1v) is 13.4. The normalized spacial score (nSPS) is 11.1. The molecule has 0 aliphatic rings. The summed E-state index contributed by atoms with van der Waals surface area (Å²) in [4.78, 5) is 26.4. The maximum Gasteiger partial charge on any atom is 0.259 e. The molecule has 0 aliphatic carbocycles. The lowest BCUT2D eigenvalue weighted by atomic mass is 10.1. The Balaban J connectivity index is 1.55. The van der Waals surface area contributed by atoms with Gasteiger partial charge in [0.15, 0.2) is 11.5 Å². The molecule has 42 heavy (non-hydrogen) atoms. The van der Waals surface area contributed by atoms with Crippen LogP contribution in [0.3, 0.4) is 0 Å². The van der Waals surface area contributed by atoms with Crippen molar-refractivity contribution in [3.8, 4) is 28.5 Å². The van der Waals surface area contributed by atoms with Crippen molar-refractivity contribution in [1.82, 2.24) is 9.78 Å². The molecule has 2 N–H and O–H groups in total. The van der Waals surface area contributed by atoms with Crippen LogP contribution in [0.1, 0.15) is 36.7 Å². The van der Waals surface area contributed by atoms with Gasteiger partial charge in [0, 0.05) is 29.7 Å². The van der Waals surface area contributed by atoms with Crippen molar-refractivity contribution in [2.75, 3.05) is 32.0 Å². The SMILES string of the molecule is COc1cc(NC(=O)Cc2cccc(NC(=O)c3cn(C(C)(C)C)nc3-c3c(F)cccc3Cl)c2)cc(OC)c1OC. The first kappa shape index (κ1) is 30.4. The Hall–Kier alpha value is -4.57. The van der Waals surface area contributed by atoms with E-state index in [1.165, 1.54) is 33.5 Å². The molecule has 3 aromatic carbocycles. The van der Waals surface area contributed by atoms with Gasteiger partial charge in [0.1, 0.15) is 11.5 Å². The first-order chi connectivity index (χ1) is 19.9. The van der Waals surface area contributed by atoms with Crippen LogP contribution in [-0.4, -0.2) is 42.9 Å². The molecular weight excluding hydrogens is 563 g/mol. The summed E-state index contributed by atoms with van der Waals surface area (Å²) in [6.07, 6.45) is 1.60. The quantitative estimate of drug-likeness (QED) is 0.228. The van der Waals surface area contributed by atoms with Crippen molar-refractivity contribution >= 4 is 34.8 Å². The minimum Gasteiger partial charge on any atom is -0.493 e. The van der Waals surface area contributed by atoms with E-state index < -0.39 is 17.3 Å². The molecule has 220 valence electrons. The van der Waals surface area contributed by atoms with Gasteiger partial charge in [-0.25, -0.2) is 4.39 Å². The van der Waals surface area contributed by atoms with Crippen molar-refractivity contribution < 1.29 is 28.2 Å². The van der Waals surface area contributed by atoms with Crippen LogP contribution in [0.25, 0.3) is 11.3 Å². The van der Waals surface area contributed by atoms with Gasteiger partial charge in [0.2, 0.25) is 11.7 Å². The van der Waals surface area contributed by atoms with Gasteiger partial charge in [-0.1, -0.05) is 29.8 Å². The van der Waals surface area contributed by atoms with Crippen LogP contribution in [0.2, 0.25) is 5.02 Å². The van der Waals surface area contributed by atoms with Gasteiger partial charge < -0.3 is 24.8 Å². The van der Waals surface area contributed by atoms with E-state index in [0.29, 0.717) is 34.2 Å². The first-order valence-electron chi connectivity index (χ1n) is 13.0. The number of methoxy groups -OCH3 is 3. The van der Waals surface area contributed by atoms with Crippen LogP contribution < -0.4 is 24.8 Å². The fourth-order valence-electron chi connectivity index (χ4n) is 4.29. The van der Waals surface area contributed by atoms with Gasteiger partial charge in [-0.05, 0) is 50.6 Å². The van der Waals surface area contributed by atoms with Crippen LogP contribution in [0.5, 0.6) is 17.2 Å². The van der Waals surface area contributed by atoms with Crippen molar-refractivity contribution in [3.63, 3.8) is 0 Å². The van der Waals surface area contributed by atoms with Crippen molar-refractivity contribution in [3.05, 3.63) is 82.8 Å². The minimum absolute atomic E-state index is 0.0262. The van der Waals surface area contributed by atoms with E-state index in [1.54, 1.807) is 53.3 Å². The van der Waals surface area contributed by atoms with E-state index in [-0.39, 0.29) is 34.2 Å². The molecule has 0 atom stereocenters. The van der Waals surface area contributed by atoms with Gasteiger partial charge in [0.25, 0.3) is 5.91 Å². The summed E-state index contributed by atoms with van der Waals surface area (Å²) in [6, 6.07) is 14.5. The Kier molecular flexibility index (Phi) is 9.06. The van der Waals surface area contributed by atoms with E-state index in [1.807, 2.05) is 20.8 Å². The molecule has 1 aromatic heterocycles. The largest absolute Gasteiger partial charge is 0.493 e. The molecule has 4 rings (SSSR count). The number of hydrogen-bond acceptors (Lipinski definition) is 6. The lowest BCUT2D eigenvalue weighted by Gasteiger charge is -2.18. The Morgan fingerprint density at radius 1 is 0.929 bits per heavy atom. The summed E-state index contributed by atoms with van der Waals surface area (Å²) in [5.74, 6) is -0.161. The highest BCUT2D eigenvalue weighted by atomic mass is 35.5. The zero-order valence-electron chi connectivity index (χ0n) is 24.2. The predicted octanol–water partition coefficient (Wildman–Crippen LogP) is 6.56. The zero-order chi connectivity index (χ0) is 30.6. The lowest BCUT2D eigenvalue weighted by molar-refractivity contribution is -0.115. The molecule has 0 unspecified atom stereocenters. The second kappa shape index (κ2) is 12.5. The zero-order valence-corrected chi connectivity index (χ0v) is 24.9. The maximum atomic E-state index is 14.8. The summed E-state index contributed by atoms with van der Waals surface area (Å²) in [5.41, 5.74) is 1.43. The second-order valence-electron chi connectivity index (χ2n) is 10.4. The molecule has 2 amide bonds. The standard InChI is InChI=1S/C31H32ClFN4O5/c1-31(2,3)37-17-21(28(36-37)27-22(32)11-8-12-23(27)33)30(39)35-19-10-7-9-18(13-19)14-26(38)34-20-15-24(40-4)29(42-6)25(16-20)41-5/h7-13,15-17H,14H2,1-6H3,(H,34,38)(H,35,39). The number of ether oxygens (including phenoxy) is 3. The molecule has 11 heteroatoms. The van der Waals surface area contributed by atoms with Crippen LogP contribution in [0.15, 0.2) is 60.8 Å². The molecule has 0 spiro atoms. The van der Waals surface area contributed by atoms with E-state index in [2.05, 4.69) is 15.7 Å². The van der Waals surface area contributed by atoms with Crippen molar-refractivity contribution in [2.45, 2.75) is 32.7 Å². The number of amides is 2. The number of halogens is 2. The number of carbonyl (C=O) groups excluding carboxylic acids is 2. The predicted molar refractivity (Wildman–Crippen MR) is 160 cm³/mol. The molecule has 0 saturated carbocycles. The fraction of sp³-hybridized carbons (Fsp3) is 0.258. The maximum absolute atomic E-state index is 14.8. The van der Waals surface area contributed by atoms with Crippen LogP contribution in [-0.2, 0) is 16.8 Å². The van der Waals surface area contributed by atoms with E-state index in [9.17, 15) is 14.0 Å². The lowest BCUT2D eigenvalue weighted by Crippen LogP contribution is -2.22. The number of carbonyl (C=O) groups is 2. The summed E-state index contributed by atoms with van der Waals surface area (Å²) < 4.78 is 32.5. The number of rotatable bonds is 9. The molecule has 9 nitrogen and oxygen atoms in total. The van der Waals surface area contributed by atoms with Crippen LogP contribution in [0.4, 0.5) is 15.8 Å². The average Bonchev–Trinajstić information content (AvgIpc) is 3.38. The van der Waals surface area contributed by atoms with E-state index >= 15 is 0 Å². The Bertz CT molecular complexity index is 1580. The molecule has 0 aliphatic heterocycles. The molecule has 0 bridgehead atoms. The molecule has 1 heterocycles. The molecule has 4 aromatic rings. The van der Waals surface area contributed by atoms with E-state index in [4.69, 9.17) is 25.8 Å². The number of aromatic nitrogens is 2. The minimum atomic E-state index is -0.587. The smallest absolute Gasteiger partial charge is 0.259 e. The molecule has 0 radical (unpaired) electrons. The van der Waals surface area contributed by atoms with Gasteiger partial charge in [-0.3, -0.25) is 14.3 Å². The number of benzene rings is 3. The fourth-order valence-corrected chi connectivity index (χ4v) is 4.55. The number of nitrogens with zero attached hydrogens (tertiary/aromatic N) is 2.